The zero-order chi connectivity index (χ0) is 25.1. The molecule has 5 nitrogen and oxygen atoms in total. The van der Waals surface area contributed by atoms with Gasteiger partial charge in [0.2, 0.25) is 0 Å². The van der Waals surface area contributed by atoms with Gasteiger partial charge in [0.1, 0.15) is 17.2 Å². The van der Waals surface area contributed by atoms with Crippen LogP contribution in [0.3, 0.4) is 0 Å². The Kier molecular flexibility index (Phi) is 6.99. The van der Waals surface area contributed by atoms with E-state index in [0.717, 1.165) is 57.2 Å². The number of ether oxygens (including phenoxy) is 3. The van der Waals surface area contributed by atoms with Gasteiger partial charge in [-0.15, -0.1) is 11.3 Å². The number of thiophene rings is 1. The van der Waals surface area contributed by atoms with Crippen LogP contribution in [0.15, 0.2) is 66.7 Å². The van der Waals surface area contributed by atoms with Gasteiger partial charge in [0.15, 0.2) is 11.5 Å². The summed E-state index contributed by atoms with van der Waals surface area (Å²) in [5.41, 5.74) is 1.93. The van der Waals surface area contributed by atoms with Gasteiger partial charge >= 0.3 is 0 Å². The van der Waals surface area contributed by atoms with E-state index in [2.05, 4.69) is 12.2 Å². The summed E-state index contributed by atoms with van der Waals surface area (Å²) < 4.78 is 18.1. The maximum atomic E-state index is 13.9. The van der Waals surface area contributed by atoms with E-state index in [1.165, 1.54) is 12.8 Å². The molecule has 0 amide bonds. The van der Waals surface area contributed by atoms with Crippen LogP contribution in [0.2, 0.25) is 0 Å². The molecule has 2 heterocycles. The molecule has 1 aliphatic heterocycles. The zero-order valence-electron chi connectivity index (χ0n) is 20.9. The topological polar surface area (TPSA) is 56.8 Å². The fourth-order valence-electron chi connectivity index (χ4n) is 4.75. The molecule has 0 spiro atoms. The number of fused-ring (bicyclic) bond motifs is 1. The lowest BCUT2D eigenvalue weighted by molar-refractivity contribution is 0.0480. The van der Waals surface area contributed by atoms with Gasteiger partial charge < -0.3 is 14.2 Å². The molecule has 1 aromatic heterocycles. The molecule has 0 radical (unpaired) electrons. The largest absolute Gasteiger partial charge is 0.497 e. The minimum Gasteiger partial charge on any atom is -0.497 e. The molecule has 4 aromatic rings. The Bertz CT molecular complexity index is 1350. The van der Waals surface area contributed by atoms with E-state index >= 15 is 0 Å². The van der Waals surface area contributed by atoms with E-state index in [-0.39, 0.29) is 11.5 Å². The molecule has 0 bridgehead atoms. The standard InChI is InChI=1S/C30H31NO4S/c1-30(17-5-4-6-18-31-30)35-23-13-7-20(8-14-23)28(32)27-25-16-15-24(34-3)19-26(25)36-29(27)21-9-11-22(33-2)12-10-21/h7-16,19,31H,4-6,17-18H2,1-3H3. The minimum absolute atomic E-state index is 0.0115. The van der Waals surface area contributed by atoms with Crippen LogP contribution < -0.4 is 19.5 Å². The van der Waals surface area contributed by atoms with Crippen LogP contribution in [-0.2, 0) is 0 Å². The van der Waals surface area contributed by atoms with E-state index in [9.17, 15) is 4.79 Å². The summed E-state index contributed by atoms with van der Waals surface area (Å²) in [6, 6.07) is 21.2. The van der Waals surface area contributed by atoms with Gasteiger partial charge in [-0.25, -0.2) is 0 Å². The highest BCUT2D eigenvalue weighted by atomic mass is 32.1. The predicted octanol–water partition coefficient (Wildman–Crippen LogP) is 7.08. The zero-order valence-corrected chi connectivity index (χ0v) is 21.7. The maximum Gasteiger partial charge on any atom is 0.195 e. The summed E-state index contributed by atoms with van der Waals surface area (Å²) in [6.07, 6.45) is 4.49. The average Bonchev–Trinajstić information content (AvgIpc) is 3.16. The molecule has 1 saturated heterocycles. The number of hydrogen-bond acceptors (Lipinski definition) is 6. The van der Waals surface area contributed by atoms with Crippen LogP contribution in [-0.4, -0.2) is 32.3 Å². The molecule has 5 rings (SSSR count). The number of carbonyl (C=O) groups excluding carboxylic acids is 1. The van der Waals surface area contributed by atoms with E-state index in [0.29, 0.717) is 11.1 Å². The van der Waals surface area contributed by atoms with Gasteiger partial charge in [0.05, 0.1) is 14.2 Å². The highest BCUT2D eigenvalue weighted by Gasteiger charge is 2.27. The van der Waals surface area contributed by atoms with Gasteiger partial charge in [0, 0.05) is 32.5 Å². The van der Waals surface area contributed by atoms with Crippen molar-refractivity contribution < 1.29 is 19.0 Å². The Labute approximate surface area is 216 Å². The van der Waals surface area contributed by atoms with E-state index in [1.54, 1.807) is 25.6 Å². The van der Waals surface area contributed by atoms with Gasteiger partial charge in [-0.05, 0) is 98.6 Å². The highest BCUT2D eigenvalue weighted by Crippen LogP contribution is 2.41. The third kappa shape index (κ3) is 4.97. The van der Waals surface area contributed by atoms with Gasteiger partial charge in [-0.2, -0.15) is 0 Å². The maximum absolute atomic E-state index is 13.9. The third-order valence-electron chi connectivity index (χ3n) is 6.77. The molecular formula is C30H31NO4S. The van der Waals surface area contributed by atoms with Crippen LogP contribution in [0.1, 0.15) is 48.5 Å². The fraction of sp³-hybridized carbons (Fsp3) is 0.300. The minimum atomic E-state index is -0.383. The van der Waals surface area contributed by atoms with Crippen molar-refractivity contribution in [2.75, 3.05) is 20.8 Å². The molecule has 1 fully saturated rings. The average molecular weight is 502 g/mol. The Morgan fingerprint density at radius 1 is 0.861 bits per heavy atom. The number of nitrogens with one attached hydrogen (secondary N) is 1. The van der Waals surface area contributed by atoms with Crippen LogP contribution in [0.25, 0.3) is 20.5 Å². The SMILES string of the molecule is COc1ccc(-c2sc3cc(OC)ccc3c2C(=O)c2ccc(OC3(C)CCCCCN3)cc2)cc1. The van der Waals surface area contributed by atoms with Crippen molar-refractivity contribution in [3.05, 3.63) is 77.9 Å². The summed E-state index contributed by atoms with van der Waals surface area (Å²) in [7, 11) is 3.30. The predicted molar refractivity (Wildman–Crippen MR) is 146 cm³/mol. The van der Waals surface area contributed by atoms with Crippen molar-refractivity contribution in [2.24, 2.45) is 0 Å². The molecule has 0 saturated carbocycles. The molecular weight excluding hydrogens is 470 g/mol. The highest BCUT2D eigenvalue weighted by molar-refractivity contribution is 7.22. The number of methoxy groups -OCH3 is 2. The molecule has 36 heavy (non-hydrogen) atoms. The lowest BCUT2D eigenvalue weighted by Crippen LogP contribution is -2.46. The van der Waals surface area contributed by atoms with Crippen LogP contribution in [0, 0.1) is 0 Å². The first-order chi connectivity index (χ1) is 17.5. The molecule has 1 unspecified atom stereocenters. The lowest BCUT2D eigenvalue weighted by atomic mass is 9.97. The smallest absolute Gasteiger partial charge is 0.195 e. The number of ketones is 1. The van der Waals surface area contributed by atoms with Crippen molar-refractivity contribution in [2.45, 2.75) is 38.3 Å². The molecule has 1 aliphatic rings. The van der Waals surface area contributed by atoms with Crippen molar-refractivity contribution >= 4 is 27.2 Å². The Morgan fingerprint density at radius 3 is 2.28 bits per heavy atom. The molecule has 1 N–H and O–H groups in total. The number of carbonyl (C=O) groups is 1. The second-order valence-corrected chi connectivity index (χ2v) is 10.4. The fourth-order valence-corrected chi connectivity index (χ4v) is 5.98. The van der Waals surface area contributed by atoms with Crippen LogP contribution >= 0.6 is 11.3 Å². The van der Waals surface area contributed by atoms with Crippen molar-refractivity contribution in [3.8, 4) is 27.7 Å². The third-order valence-corrected chi connectivity index (χ3v) is 7.97. The van der Waals surface area contributed by atoms with Crippen molar-refractivity contribution in [1.29, 1.82) is 0 Å². The first-order valence-electron chi connectivity index (χ1n) is 12.3. The summed E-state index contributed by atoms with van der Waals surface area (Å²) in [4.78, 5) is 14.8. The normalized spacial score (nSPS) is 18.0. The van der Waals surface area contributed by atoms with Gasteiger partial charge in [-0.3, -0.25) is 10.1 Å². The molecule has 6 heteroatoms. The van der Waals surface area contributed by atoms with E-state index in [1.807, 2.05) is 66.7 Å². The van der Waals surface area contributed by atoms with Gasteiger partial charge in [0.25, 0.3) is 0 Å². The van der Waals surface area contributed by atoms with Crippen LogP contribution in [0.4, 0.5) is 0 Å². The second kappa shape index (κ2) is 10.3. The van der Waals surface area contributed by atoms with Gasteiger partial charge in [-0.1, -0.05) is 6.42 Å². The quantitative estimate of drug-likeness (QED) is 0.274. The Hall–Kier alpha value is -3.35. The second-order valence-electron chi connectivity index (χ2n) is 9.32. The molecule has 1 atom stereocenters. The first-order valence-corrected chi connectivity index (χ1v) is 13.1. The summed E-state index contributed by atoms with van der Waals surface area (Å²) in [6.45, 7) is 3.06. The lowest BCUT2D eigenvalue weighted by Gasteiger charge is -2.30. The van der Waals surface area contributed by atoms with E-state index in [4.69, 9.17) is 14.2 Å². The summed E-state index contributed by atoms with van der Waals surface area (Å²) in [5.74, 6) is 2.30. The monoisotopic (exact) mass is 501 g/mol. The number of benzene rings is 3. The first kappa shape index (κ1) is 24.3. The number of rotatable bonds is 7. The summed E-state index contributed by atoms with van der Waals surface area (Å²) in [5, 5.41) is 4.45. The van der Waals surface area contributed by atoms with Crippen molar-refractivity contribution in [3.63, 3.8) is 0 Å². The Balaban J connectivity index is 1.50. The van der Waals surface area contributed by atoms with E-state index < -0.39 is 0 Å². The number of hydrogen-bond donors (Lipinski definition) is 1. The summed E-state index contributed by atoms with van der Waals surface area (Å²) >= 11 is 1.60. The van der Waals surface area contributed by atoms with Crippen LogP contribution in [0.5, 0.6) is 17.2 Å². The molecule has 3 aromatic carbocycles. The van der Waals surface area contributed by atoms with Crippen molar-refractivity contribution in [1.82, 2.24) is 5.32 Å². The molecule has 186 valence electrons. The Morgan fingerprint density at radius 2 is 1.56 bits per heavy atom. The molecule has 0 aliphatic carbocycles.